The molecule has 0 N–H and O–H groups in total. The second kappa shape index (κ2) is 8.33. The first-order chi connectivity index (χ1) is 13.2. The second-order valence-electron chi connectivity index (χ2n) is 7.46. The van der Waals surface area contributed by atoms with E-state index in [0.29, 0.717) is 18.3 Å². The number of amides is 1. The van der Waals surface area contributed by atoms with Crippen molar-refractivity contribution in [3.63, 3.8) is 0 Å². The number of carbonyl (C=O) groups is 1. The Morgan fingerprint density at radius 2 is 1.89 bits per heavy atom. The maximum absolute atomic E-state index is 12.6. The number of hydrogen-bond acceptors (Lipinski definition) is 5. The van der Waals surface area contributed by atoms with Crippen molar-refractivity contribution in [2.45, 2.75) is 49.8 Å². The third kappa shape index (κ3) is 4.46. The number of aromatic nitrogens is 3. The van der Waals surface area contributed by atoms with Crippen molar-refractivity contribution < 1.29 is 4.79 Å². The number of nitrogens with zero attached hydrogens (tertiary/aromatic N) is 5. The van der Waals surface area contributed by atoms with Crippen LogP contribution < -0.4 is 4.90 Å². The smallest absolute Gasteiger partial charge is 0.233 e. The summed E-state index contributed by atoms with van der Waals surface area (Å²) in [6.45, 7) is 2.76. The van der Waals surface area contributed by atoms with Crippen LogP contribution in [0.2, 0.25) is 0 Å². The molecule has 6 nitrogen and oxygen atoms in total. The summed E-state index contributed by atoms with van der Waals surface area (Å²) in [6.07, 6.45) is 6.13. The van der Waals surface area contributed by atoms with Crippen molar-refractivity contribution in [2.75, 3.05) is 30.8 Å². The van der Waals surface area contributed by atoms with Gasteiger partial charge in [0.1, 0.15) is 0 Å². The number of carbonyl (C=O) groups excluding carboxylic acids is 1. The molecule has 2 fully saturated rings. The standard InChI is InChI=1S/C20H27N5OS/c1-23(14-16-8-4-2-5-9-16)18(26)15-27-20-22-21-19(25(20)17-10-11-17)24-12-6-3-7-13-24/h2,4-5,8-9,17H,3,6-7,10-15H2,1H3. The van der Waals surface area contributed by atoms with Gasteiger partial charge in [0, 0.05) is 32.7 Å². The highest BCUT2D eigenvalue weighted by Crippen LogP contribution is 2.41. The SMILES string of the molecule is CN(Cc1ccccc1)C(=O)CSc1nnc(N2CCCCC2)n1C1CC1. The first-order valence-corrected chi connectivity index (χ1v) is 10.8. The number of hydrogen-bond donors (Lipinski definition) is 0. The number of benzene rings is 1. The van der Waals surface area contributed by atoms with E-state index in [0.717, 1.165) is 29.8 Å². The molecule has 0 atom stereocenters. The van der Waals surface area contributed by atoms with Crippen LogP contribution in [0.1, 0.15) is 43.7 Å². The lowest BCUT2D eigenvalue weighted by atomic mass is 10.1. The third-order valence-electron chi connectivity index (χ3n) is 5.21. The lowest BCUT2D eigenvalue weighted by Crippen LogP contribution is -2.32. The van der Waals surface area contributed by atoms with Gasteiger partial charge in [-0.2, -0.15) is 0 Å². The molecule has 2 aliphatic rings. The average molecular weight is 386 g/mol. The molecule has 27 heavy (non-hydrogen) atoms. The van der Waals surface area contributed by atoms with E-state index in [1.807, 2.05) is 37.4 Å². The fraction of sp³-hybridized carbons (Fsp3) is 0.550. The van der Waals surface area contributed by atoms with Crippen LogP contribution in [-0.2, 0) is 11.3 Å². The Bertz CT molecular complexity index is 768. The van der Waals surface area contributed by atoms with Crippen molar-refractivity contribution >= 4 is 23.6 Å². The van der Waals surface area contributed by atoms with E-state index >= 15 is 0 Å². The van der Waals surface area contributed by atoms with Crippen molar-refractivity contribution in [3.05, 3.63) is 35.9 Å². The molecule has 1 saturated heterocycles. The number of rotatable bonds is 7. The van der Waals surface area contributed by atoms with Crippen LogP contribution in [-0.4, -0.2) is 51.5 Å². The highest BCUT2D eigenvalue weighted by atomic mass is 32.2. The van der Waals surface area contributed by atoms with Gasteiger partial charge in [-0.1, -0.05) is 42.1 Å². The second-order valence-corrected chi connectivity index (χ2v) is 8.40. The van der Waals surface area contributed by atoms with Gasteiger partial charge in [-0.25, -0.2) is 0 Å². The molecular weight excluding hydrogens is 358 g/mol. The van der Waals surface area contributed by atoms with Gasteiger partial charge < -0.3 is 9.80 Å². The van der Waals surface area contributed by atoms with E-state index in [9.17, 15) is 4.79 Å². The molecule has 2 heterocycles. The zero-order valence-electron chi connectivity index (χ0n) is 15.9. The summed E-state index contributed by atoms with van der Waals surface area (Å²) in [5, 5.41) is 9.80. The van der Waals surface area contributed by atoms with E-state index in [-0.39, 0.29) is 5.91 Å². The molecule has 1 aliphatic heterocycles. The Balaban J connectivity index is 1.39. The van der Waals surface area contributed by atoms with Gasteiger partial charge in [-0.05, 0) is 37.7 Å². The summed E-state index contributed by atoms with van der Waals surface area (Å²) in [6, 6.07) is 10.6. The summed E-state index contributed by atoms with van der Waals surface area (Å²) in [4.78, 5) is 16.7. The highest BCUT2D eigenvalue weighted by molar-refractivity contribution is 7.99. The number of piperidine rings is 1. The van der Waals surface area contributed by atoms with Crippen molar-refractivity contribution in [1.82, 2.24) is 19.7 Å². The minimum absolute atomic E-state index is 0.119. The van der Waals surface area contributed by atoms with Crippen LogP contribution in [0.25, 0.3) is 0 Å². The third-order valence-corrected chi connectivity index (χ3v) is 6.14. The van der Waals surface area contributed by atoms with Gasteiger partial charge in [-0.3, -0.25) is 9.36 Å². The monoisotopic (exact) mass is 385 g/mol. The zero-order valence-corrected chi connectivity index (χ0v) is 16.7. The number of anilines is 1. The molecule has 2 aromatic rings. The molecule has 1 amide bonds. The van der Waals surface area contributed by atoms with E-state index < -0.39 is 0 Å². The number of thioether (sulfide) groups is 1. The summed E-state index contributed by atoms with van der Waals surface area (Å²) in [5.41, 5.74) is 1.15. The van der Waals surface area contributed by atoms with Crippen LogP contribution in [0.4, 0.5) is 5.95 Å². The van der Waals surface area contributed by atoms with E-state index in [1.54, 1.807) is 4.90 Å². The molecule has 1 aromatic carbocycles. The zero-order chi connectivity index (χ0) is 18.6. The van der Waals surface area contributed by atoms with Gasteiger partial charge in [0.2, 0.25) is 11.9 Å². The lowest BCUT2D eigenvalue weighted by Gasteiger charge is -2.27. The molecule has 1 aliphatic carbocycles. The predicted octanol–water partition coefficient (Wildman–Crippen LogP) is 3.35. The molecule has 1 saturated carbocycles. The first kappa shape index (κ1) is 18.3. The molecular formula is C20H27N5OS. The topological polar surface area (TPSA) is 54.3 Å². The molecule has 4 rings (SSSR count). The van der Waals surface area contributed by atoms with E-state index in [4.69, 9.17) is 0 Å². The maximum atomic E-state index is 12.6. The van der Waals surface area contributed by atoms with Gasteiger partial charge in [0.15, 0.2) is 5.16 Å². The fourth-order valence-corrected chi connectivity index (χ4v) is 4.45. The van der Waals surface area contributed by atoms with Gasteiger partial charge >= 0.3 is 0 Å². The van der Waals surface area contributed by atoms with Crippen molar-refractivity contribution in [2.24, 2.45) is 0 Å². The van der Waals surface area contributed by atoms with Crippen LogP contribution in [0, 0.1) is 0 Å². The van der Waals surface area contributed by atoms with Crippen LogP contribution in [0.3, 0.4) is 0 Å². The lowest BCUT2D eigenvalue weighted by molar-refractivity contribution is -0.127. The first-order valence-electron chi connectivity index (χ1n) is 9.83. The Labute approximate surface area is 164 Å². The van der Waals surface area contributed by atoms with Gasteiger partial charge in [0.25, 0.3) is 0 Å². The summed E-state index contributed by atoms with van der Waals surface area (Å²) < 4.78 is 2.28. The summed E-state index contributed by atoms with van der Waals surface area (Å²) in [5.74, 6) is 1.52. The highest BCUT2D eigenvalue weighted by Gasteiger charge is 2.32. The molecule has 0 radical (unpaired) electrons. The average Bonchev–Trinajstić information content (AvgIpc) is 3.46. The minimum atomic E-state index is 0.119. The normalized spacial score (nSPS) is 17.1. The molecule has 7 heteroatoms. The van der Waals surface area contributed by atoms with Crippen LogP contribution in [0.5, 0.6) is 0 Å². The van der Waals surface area contributed by atoms with Crippen LogP contribution in [0.15, 0.2) is 35.5 Å². The predicted molar refractivity (Wildman–Crippen MR) is 108 cm³/mol. The van der Waals surface area contributed by atoms with E-state index in [2.05, 4.69) is 19.7 Å². The van der Waals surface area contributed by atoms with Crippen LogP contribution >= 0.6 is 11.8 Å². The molecule has 0 bridgehead atoms. The quantitative estimate of drug-likeness (QED) is 0.684. The minimum Gasteiger partial charge on any atom is -0.341 e. The molecule has 0 unspecified atom stereocenters. The Kier molecular flexibility index (Phi) is 5.66. The largest absolute Gasteiger partial charge is 0.341 e. The fourth-order valence-electron chi connectivity index (χ4n) is 3.51. The molecule has 0 spiro atoms. The maximum Gasteiger partial charge on any atom is 0.233 e. The van der Waals surface area contributed by atoms with Crippen molar-refractivity contribution in [1.29, 1.82) is 0 Å². The Hall–Kier alpha value is -2.02. The molecule has 1 aromatic heterocycles. The summed E-state index contributed by atoms with van der Waals surface area (Å²) >= 11 is 1.52. The van der Waals surface area contributed by atoms with Gasteiger partial charge in [0.05, 0.1) is 5.75 Å². The summed E-state index contributed by atoms with van der Waals surface area (Å²) in [7, 11) is 1.86. The van der Waals surface area contributed by atoms with Crippen molar-refractivity contribution in [3.8, 4) is 0 Å². The Morgan fingerprint density at radius 3 is 2.59 bits per heavy atom. The Morgan fingerprint density at radius 1 is 1.15 bits per heavy atom. The van der Waals surface area contributed by atoms with E-state index in [1.165, 1.54) is 43.9 Å². The molecule has 144 valence electrons. The van der Waals surface area contributed by atoms with Gasteiger partial charge in [-0.15, -0.1) is 10.2 Å².